The molecule has 1 aromatic rings. The zero-order valence-corrected chi connectivity index (χ0v) is 13.3. The highest BCUT2D eigenvalue weighted by atomic mass is 16.5. The van der Waals surface area contributed by atoms with Crippen LogP contribution in [0.1, 0.15) is 26.3 Å². The van der Waals surface area contributed by atoms with E-state index in [1.165, 1.54) is 33.3 Å². The Balaban J connectivity index is 3.36. The van der Waals surface area contributed by atoms with E-state index in [0.29, 0.717) is 5.56 Å². The molecule has 0 spiro atoms. The smallest absolute Gasteiger partial charge is 0.331 e. The molecule has 0 heterocycles. The Hall–Kier alpha value is -2.50. The summed E-state index contributed by atoms with van der Waals surface area (Å²) in [6.07, 6.45) is 0.828. The highest BCUT2D eigenvalue weighted by molar-refractivity contribution is 6.23. The van der Waals surface area contributed by atoms with Gasteiger partial charge < -0.3 is 19.3 Å². The number of allylic oxidation sites excluding steroid dienone is 1. The van der Waals surface area contributed by atoms with Crippen LogP contribution in [0.2, 0.25) is 0 Å². The van der Waals surface area contributed by atoms with E-state index in [2.05, 4.69) is 0 Å². The Morgan fingerprint density at radius 1 is 1.14 bits per heavy atom. The molecule has 0 aliphatic rings. The van der Waals surface area contributed by atoms with E-state index in [1.54, 1.807) is 13.8 Å². The molecular formula is C16H20O6. The van der Waals surface area contributed by atoms with Crippen molar-refractivity contribution < 1.29 is 28.9 Å². The van der Waals surface area contributed by atoms with Crippen LogP contribution >= 0.6 is 0 Å². The molecule has 0 atom stereocenters. The number of Topliss-reactive ketones (excluding diaryl/α,β-unsaturated/α-hetero) is 1. The van der Waals surface area contributed by atoms with Crippen LogP contribution in [0.25, 0.3) is 5.57 Å². The third-order valence-corrected chi connectivity index (χ3v) is 2.78. The van der Waals surface area contributed by atoms with Gasteiger partial charge in [-0.25, -0.2) is 4.79 Å². The maximum atomic E-state index is 11.8. The van der Waals surface area contributed by atoms with E-state index in [4.69, 9.17) is 14.2 Å². The van der Waals surface area contributed by atoms with Crippen LogP contribution in [0.5, 0.6) is 17.2 Å². The third kappa shape index (κ3) is 4.25. The second-order valence-corrected chi connectivity index (χ2v) is 4.83. The summed E-state index contributed by atoms with van der Waals surface area (Å²) in [5.74, 6) is -0.847. The van der Waals surface area contributed by atoms with E-state index in [-0.39, 0.29) is 34.7 Å². The monoisotopic (exact) mass is 308 g/mol. The summed E-state index contributed by atoms with van der Waals surface area (Å²) >= 11 is 0. The van der Waals surface area contributed by atoms with Crippen LogP contribution in [0, 0.1) is 0 Å². The summed E-state index contributed by atoms with van der Waals surface area (Å²) < 4.78 is 15.1. The predicted octanol–water partition coefficient (Wildman–Crippen LogP) is 2.33. The van der Waals surface area contributed by atoms with Gasteiger partial charge >= 0.3 is 5.97 Å². The van der Waals surface area contributed by atoms with Gasteiger partial charge in [-0.3, -0.25) is 4.79 Å². The van der Waals surface area contributed by atoms with Crippen LogP contribution in [0.4, 0.5) is 0 Å². The lowest BCUT2D eigenvalue weighted by molar-refractivity contribution is -0.141. The van der Waals surface area contributed by atoms with Gasteiger partial charge in [-0.05, 0) is 38.5 Å². The number of ether oxygens (including phenoxy) is 3. The van der Waals surface area contributed by atoms with Crippen LogP contribution in [-0.2, 0) is 14.3 Å². The Bertz CT molecular complexity index is 576. The molecule has 0 aliphatic carbocycles. The second-order valence-electron chi connectivity index (χ2n) is 4.83. The number of phenolic OH excluding ortho intramolecular Hbond substituents is 1. The average molecular weight is 308 g/mol. The van der Waals surface area contributed by atoms with Crippen LogP contribution in [0.15, 0.2) is 18.2 Å². The van der Waals surface area contributed by atoms with Crippen molar-refractivity contribution in [2.75, 3.05) is 14.2 Å². The predicted molar refractivity (Wildman–Crippen MR) is 81.1 cm³/mol. The summed E-state index contributed by atoms with van der Waals surface area (Å²) in [7, 11) is 2.75. The fraction of sp³-hybridized carbons (Fsp3) is 0.375. The lowest BCUT2D eigenvalue weighted by Gasteiger charge is -2.12. The Morgan fingerprint density at radius 2 is 1.64 bits per heavy atom. The zero-order chi connectivity index (χ0) is 16.9. The zero-order valence-electron chi connectivity index (χ0n) is 13.3. The van der Waals surface area contributed by atoms with Gasteiger partial charge in [-0.15, -0.1) is 0 Å². The van der Waals surface area contributed by atoms with Crippen LogP contribution in [-0.4, -0.2) is 37.2 Å². The first-order valence-electron chi connectivity index (χ1n) is 6.68. The van der Waals surface area contributed by atoms with E-state index >= 15 is 0 Å². The molecule has 0 saturated carbocycles. The summed E-state index contributed by atoms with van der Waals surface area (Å²) in [6.45, 7) is 4.76. The average Bonchev–Trinajstić information content (AvgIpc) is 2.44. The molecular weight excluding hydrogens is 288 g/mol. The number of hydrogen-bond acceptors (Lipinski definition) is 6. The highest BCUT2D eigenvalue weighted by Gasteiger charge is 2.17. The molecule has 1 N–H and O–H groups in total. The number of methoxy groups -OCH3 is 2. The van der Waals surface area contributed by atoms with Crippen molar-refractivity contribution in [1.29, 1.82) is 0 Å². The standard InChI is InChI=1S/C16H20O6/c1-9(2)22-15(18)8-12(10(3)17)11-6-13(20-4)16(19)14(7-11)21-5/h6-9,19H,1-5H3. The molecule has 0 radical (unpaired) electrons. The lowest BCUT2D eigenvalue weighted by Crippen LogP contribution is -2.10. The lowest BCUT2D eigenvalue weighted by atomic mass is 10.0. The molecule has 0 unspecified atom stereocenters. The minimum atomic E-state index is -0.619. The Morgan fingerprint density at radius 3 is 2.00 bits per heavy atom. The van der Waals surface area contributed by atoms with Crippen molar-refractivity contribution >= 4 is 17.3 Å². The van der Waals surface area contributed by atoms with Crippen LogP contribution in [0.3, 0.4) is 0 Å². The highest BCUT2D eigenvalue weighted by Crippen LogP contribution is 2.39. The molecule has 1 rings (SSSR count). The second kappa shape index (κ2) is 7.49. The molecule has 22 heavy (non-hydrogen) atoms. The van der Waals surface area contributed by atoms with Gasteiger partial charge in [0, 0.05) is 11.6 Å². The first-order valence-corrected chi connectivity index (χ1v) is 6.68. The topological polar surface area (TPSA) is 82.1 Å². The molecule has 0 aliphatic heterocycles. The number of carbonyl (C=O) groups excluding carboxylic acids is 2. The minimum absolute atomic E-state index is 0.138. The number of hydrogen-bond donors (Lipinski definition) is 1. The normalized spacial score (nSPS) is 11.3. The molecule has 6 heteroatoms. The van der Waals surface area contributed by atoms with Crippen molar-refractivity contribution in [3.05, 3.63) is 23.8 Å². The fourth-order valence-electron chi connectivity index (χ4n) is 1.82. The number of rotatable bonds is 6. The molecule has 0 fully saturated rings. The van der Waals surface area contributed by atoms with Gasteiger partial charge in [0.05, 0.1) is 20.3 Å². The fourth-order valence-corrected chi connectivity index (χ4v) is 1.82. The molecule has 1 aromatic carbocycles. The number of esters is 1. The first kappa shape index (κ1) is 17.6. The summed E-state index contributed by atoms with van der Waals surface area (Å²) in [5.41, 5.74) is 0.530. The molecule has 120 valence electrons. The maximum absolute atomic E-state index is 11.8. The Labute approximate surface area is 129 Å². The van der Waals surface area contributed by atoms with Crippen LogP contribution < -0.4 is 9.47 Å². The number of aromatic hydroxyl groups is 1. The minimum Gasteiger partial charge on any atom is -0.502 e. The van der Waals surface area contributed by atoms with Crippen molar-refractivity contribution in [2.24, 2.45) is 0 Å². The maximum Gasteiger partial charge on any atom is 0.331 e. The molecule has 0 bridgehead atoms. The summed E-state index contributed by atoms with van der Waals surface area (Å²) in [5, 5.41) is 9.89. The van der Waals surface area contributed by atoms with Crippen molar-refractivity contribution in [1.82, 2.24) is 0 Å². The van der Waals surface area contributed by atoms with E-state index < -0.39 is 5.97 Å². The van der Waals surface area contributed by atoms with Crippen molar-refractivity contribution in [3.8, 4) is 17.2 Å². The van der Waals surface area contributed by atoms with E-state index in [0.717, 1.165) is 6.08 Å². The molecule has 0 saturated heterocycles. The number of ketones is 1. The SMILES string of the molecule is COc1cc(C(=CC(=O)OC(C)C)C(C)=O)cc(OC)c1O. The van der Waals surface area contributed by atoms with Gasteiger partial charge in [0.2, 0.25) is 5.75 Å². The summed E-state index contributed by atoms with van der Waals surface area (Å²) in [4.78, 5) is 23.6. The summed E-state index contributed by atoms with van der Waals surface area (Å²) in [6, 6.07) is 2.90. The number of benzene rings is 1. The van der Waals surface area contributed by atoms with Crippen molar-refractivity contribution in [2.45, 2.75) is 26.9 Å². The van der Waals surface area contributed by atoms with Crippen molar-refractivity contribution in [3.63, 3.8) is 0 Å². The van der Waals surface area contributed by atoms with Gasteiger partial charge in [0.15, 0.2) is 17.3 Å². The number of phenols is 1. The molecule has 0 amide bonds. The molecule has 0 aromatic heterocycles. The van der Waals surface area contributed by atoms with Gasteiger partial charge in [0.1, 0.15) is 0 Å². The van der Waals surface area contributed by atoms with Gasteiger partial charge in [-0.2, -0.15) is 0 Å². The van der Waals surface area contributed by atoms with E-state index in [1.807, 2.05) is 0 Å². The number of carbonyl (C=O) groups is 2. The third-order valence-electron chi connectivity index (χ3n) is 2.78. The first-order chi connectivity index (χ1) is 10.3. The van der Waals surface area contributed by atoms with E-state index in [9.17, 15) is 14.7 Å². The molecule has 6 nitrogen and oxygen atoms in total. The largest absolute Gasteiger partial charge is 0.502 e. The Kier molecular flexibility index (Phi) is 5.98. The van der Waals surface area contributed by atoms with Gasteiger partial charge in [-0.1, -0.05) is 0 Å². The quantitative estimate of drug-likeness (QED) is 0.641. The van der Waals surface area contributed by atoms with Gasteiger partial charge in [0.25, 0.3) is 0 Å².